The standard InChI is InChI=1S/C16H26N2O3/c1-15(2,3)21-14(20)18-11-6-7-12(13(19)10-11)16(4,5)8-9-17/h6-7,10,19H,8-9,17H2,1-5H3,(H,18,20). The van der Waals surface area contributed by atoms with Crippen molar-refractivity contribution in [3.05, 3.63) is 23.8 Å². The van der Waals surface area contributed by atoms with Crippen LogP contribution in [0.2, 0.25) is 0 Å². The predicted octanol–water partition coefficient (Wildman–Crippen LogP) is 3.37. The molecule has 0 aromatic heterocycles. The van der Waals surface area contributed by atoms with E-state index in [9.17, 15) is 9.90 Å². The lowest BCUT2D eigenvalue weighted by Crippen LogP contribution is -2.27. The van der Waals surface area contributed by atoms with Gasteiger partial charge in [0.05, 0.1) is 0 Å². The van der Waals surface area contributed by atoms with Gasteiger partial charge in [0, 0.05) is 11.8 Å². The minimum Gasteiger partial charge on any atom is -0.508 e. The summed E-state index contributed by atoms with van der Waals surface area (Å²) in [7, 11) is 0. The van der Waals surface area contributed by atoms with Crippen molar-refractivity contribution in [3.8, 4) is 5.75 Å². The lowest BCUT2D eigenvalue weighted by Gasteiger charge is -2.26. The molecule has 5 heteroatoms. The molecule has 0 spiro atoms. The number of benzene rings is 1. The number of carbonyl (C=O) groups is 1. The fourth-order valence-corrected chi connectivity index (χ4v) is 2.10. The zero-order valence-corrected chi connectivity index (χ0v) is 13.5. The fourth-order valence-electron chi connectivity index (χ4n) is 2.10. The number of phenolic OH excluding ortho intramolecular Hbond substituents is 1. The molecule has 0 saturated carbocycles. The largest absolute Gasteiger partial charge is 0.508 e. The maximum atomic E-state index is 11.7. The number of hydrogen-bond acceptors (Lipinski definition) is 4. The molecule has 0 aliphatic rings. The van der Waals surface area contributed by atoms with Crippen LogP contribution < -0.4 is 11.1 Å². The first kappa shape index (κ1) is 17.3. The van der Waals surface area contributed by atoms with E-state index in [4.69, 9.17) is 10.5 Å². The predicted molar refractivity (Wildman–Crippen MR) is 84.7 cm³/mol. The Morgan fingerprint density at radius 2 is 1.90 bits per heavy atom. The van der Waals surface area contributed by atoms with E-state index < -0.39 is 11.7 Å². The summed E-state index contributed by atoms with van der Waals surface area (Å²) in [6.07, 6.45) is 0.218. The van der Waals surface area contributed by atoms with Crippen LogP contribution in [0, 0.1) is 0 Å². The van der Waals surface area contributed by atoms with E-state index in [1.54, 1.807) is 32.9 Å². The molecule has 0 saturated heterocycles. The molecule has 0 aliphatic heterocycles. The highest BCUT2D eigenvalue weighted by Gasteiger charge is 2.23. The third kappa shape index (κ3) is 5.27. The number of ether oxygens (including phenoxy) is 1. The molecule has 0 bridgehead atoms. The Kier molecular flexibility index (Phi) is 5.23. The van der Waals surface area contributed by atoms with Gasteiger partial charge in [0.2, 0.25) is 0 Å². The first-order chi connectivity index (χ1) is 9.55. The van der Waals surface area contributed by atoms with Gasteiger partial charge in [0.15, 0.2) is 0 Å². The van der Waals surface area contributed by atoms with Crippen LogP contribution in [-0.2, 0) is 10.2 Å². The van der Waals surface area contributed by atoms with Crippen LogP contribution in [0.1, 0.15) is 46.6 Å². The highest BCUT2D eigenvalue weighted by atomic mass is 16.6. The Bertz CT molecular complexity index is 505. The Hall–Kier alpha value is -1.75. The normalized spacial score (nSPS) is 12.1. The average Bonchev–Trinajstić information content (AvgIpc) is 2.25. The van der Waals surface area contributed by atoms with Gasteiger partial charge < -0.3 is 15.6 Å². The molecular formula is C16H26N2O3. The molecule has 0 unspecified atom stereocenters. The molecule has 1 aromatic carbocycles. The van der Waals surface area contributed by atoms with Crippen molar-refractivity contribution < 1.29 is 14.6 Å². The second-order valence-corrected chi connectivity index (χ2v) is 6.78. The fraction of sp³-hybridized carbons (Fsp3) is 0.562. The third-order valence-electron chi connectivity index (χ3n) is 3.14. The van der Waals surface area contributed by atoms with Crippen LogP contribution >= 0.6 is 0 Å². The number of hydrogen-bond donors (Lipinski definition) is 3. The molecule has 0 fully saturated rings. The number of carbonyl (C=O) groups excluding carboxylic acids is 1. The van der Waals surface area contributed by atoms with Crippen molar-refractivity contribution in [3.63, 3.8) is 0 Å². The van der Waals surface area contributed by atoms with E-state index in [0.717, 1.165) is 12.0 Å². The number of phenols is 1. The second kappa shape index (κ2) is 6.35. The number of nitrogens with one attached hydrogen (secondary N) is 1. The Labute approximate surface area is 126 Å². The lowest BCUT2D eigenvalue weighted by atomic mass is 9.81. The van der Waals surface area contributed by atoms with Gasteiger partial charge in [-0.05, 0) is 50.8 Å². The summed E-state index contributed by atoms with van der Waals surface area (Å²) in [5.41, 5.74) is 6.12. The van der Waals surface area contributed by atoms with Crippen LogP contribution in [0.25, 0.3) is 0 Å². The van der Waals surface area contributed by atoms with Gasteiger partial charge in [-0.2, -0.15) is 0 Å². The van der Waals surface area contributed by atoms with Crippen molar-refractivity contribution in [2.45, 2.75) is 52.1 Å². The van der Waals surface area contributed by atoms with E-state index in [-0.39, 0.29) is 11.2 Å². The van der Waals surface area contributed by atoms with Crippen molar-refractivity contribution in [2.75, 3.05) is 11.9 Å². The number of amides is 1. The molecule has 1 aromatic rings. The first-order valence-electron chi connectivity index (χ1n) is 7.09. The highest BCUT2D eigenvalue weighted by Crippen LogP contribution is 2.35. The highest BCUT2D eigenvalue weighted by molar-refractivity contribution is 5.85. The Balaban J connectivity index is 2.86. The minimum atomic E-state index is -0.560. The van der Waals surface area contributed by atoms with Gasteiger partial charge in [-0.25, -0.2) is 4.79 Å². The van der Waals surface area contributed by atoms with Gasteiger partial charge >= 0.3 is 6.09 Å². The summed E-state index contributed by atoms with van der Waals surface area (Å²) in [5.74, 6) is 0.141. The number of anilines is 1. The monoisotopic (exact) mass is 294 g/mol. The van der Waals surface area contributed by atoms with Crippen LogP contribution in [0.5, 0.6) is 5.75 Å². The average molecular weight is 294 g/mol. The van der Waals surface area contributed by atoms with Crippen LogP contribution in [-0.4, -0.2) is 23.3 Å². The molecule has 0 heterocycles. The number of nitrogens with two attached hydrogens (primary N) is 1. The molecule has 1 rings (SSSR count). The topological polar surface area (TPSA) is 84.6 Å². The second-order valence-electron chi connectivity index (χ2n) is 6.78. The summed E-state index contributed by atoms with van der Waals surface area (Å²) in [5, 5.41) is 12.8. The van der Waals surface area contributed by atoms with E-state index in [1.807, 2.05) is 13.8 Å². The summed E-state index contributed by atoms with van der Waals surface area (Å²) in [4.78, 5) is 11.7. The smallest absolute Gasteiger partial charge is 0.412 e. The minimum absolute atomic E-state index is 0.141. The maximum Gasteiger partial charge on any atom is 0.412 e. The quantitative estimate of drug-likeness (QED) is 0.795. The molecule has 4 N–H and O–H groups in total. The Morgan fingerprint density at radius 1 is 1.29 bits per heavy atom. The van der Waals surface area contributed by atoms with Gasteiger partial charge in [-0.3, -0.25) is 5.32 Å². The molecular weight excluding hydrogens is 268 g/mol. The molecule has 21 heavy (non-hydrogen) atoms. The summed E-state index contributed by atoms with van der Waals surface area (Å²) >= 11 is 0. The Morgan fingerprint density at radius 3 is 2.38 bits per heavy atom. The summed E-state index contributed by atoms with van der Waals surface area (Å²) in [6, 6.07) is 5.08. The van der Waals surface area contributed by atoms with Crippen molar-refractivity contribution in [1.82, 2.24) is 0 Å². The molecule has 0 radical (unpaired) electrons. The maximum absolute atomic E-state index is 11.7. The van der Waals surface area contributed by atoms with Gasteiger partial charge in [-0.1, -0.05) is 19.9 Å². The van der Waals surface area contributed by atoms with Crippen LogP contribution in [0.4, 0.5) is 10.5 Å². The van der Waals surface area contributed by atoms with Gasteiger partial charge in [0.1, 0.15) is 11.4 Å². The summed E-state index contributed by atoms with van der Waals surface area (Å²) < 4.78 is 5.17. The lowest BCUT2D eigenvalue weighted by molar-refractivity contribution is 0.0636. The molecule has 0 aliphatic carbocycles. The molecule has 5 nitrogen and oxygen atoms in total. The zero-order chi connectivity index (χ0) is 16.3. The first-order valence-corrected chi connectivity index (χ1v) is 7.09. The molecule has 0 atom stereocenters. The third-order valence-corrected chi connectivity index (χ3v) is 3.14. The van der Waals surface area contributed by atoms with E-state index >= 15 is 0 Å². The number of aromatic hydroxyl groups is 1. The van der Waals surface area contributed by atoms with Gasteiger partial charge in [-0.15, -0.1) is 0 Å². The van der Waals surface area contributed by atoms with Gasteiger partial charge in [0.25, 0.3) is 0 Å². The molecule has 118 valence electrons. The van der Waals surface area contributed by atoms with Crippen molar-refractivity contribution in [1.29, 1.82) is 0 Å². The SMILES string of the molecule is CC(C)(C)OC(=O)Nc1ccc(C(C)(C)CCN)c(O)c1. The summed E-state index contributed by atoms with van der Waals surface area (Å²) in [6.45, 7) is 9.98. The van der Waals surface area contributed by atoms with Crippen LogP contribution in [0.3, 0.4) is 0 Å². The van der Waals surface area contributed by atoms with E-state index in [0.29, 0.717) is 12.2 Å². The molecule has 1 amide bonds. The van der Waals surface area contributed by atoms with E-state index in [2.05, 4.69) is 5.32 Å². The van der Waals surface area contributed by atoms with Crippen molar-refractivity contribution in [2.24, 2.45) is 5.73 Å². The zero-order valence-electron chi connectivity index (χ0n) is 13.5. The number of rotatable bonds is 4. The van der Waals surface area contributed by atoms with Crippen molar-refractivity contribution >= 4 is 11.8 Å². The van der Waals surface area contributed by atoms with E-state index in [1.165, 1.54) is 6.07 Å². The van der Waals surface area contributed by atoms with Crippen LogP contribution in [0.15, 0.2) is 18.2 Å².